The number of aromatic nitrogens is 4. The van der Waals surface area contributed by atoms with Gasteiger partial charge in [0, 0.05) is 30.8 Å². The number of anilines is 1. The average molecular weight is 390 g/mol. The van der Waals surface area contributed by atoms with Crippen LogP contribution in [0.3, 0.4) is 0 Å². The third kappa shape index (κ3) is 2.91. The highest BCUT2D eigenvalue weighted by atomic mass is 16.2. The minimum absolute atomic E-state index is 0.161. The van der Waals surface area contributed by atoms with Crippen LogP contribution in [0.4, 0.5) is 5.95 Å². The molecule has 8 heteroatoms. The lowest BCUT2D eigenvalue weighted by Crippen LogP contribution is -2.48. The van der Waals surface area contributed by atoms with Crippen LogP contribution in [-0.2, 0) is 11.8 Å². The first-order valence-electron chi connectivity index (χ1n) is 9.84. The van der Waals surface area contributed by atoms with Crippen LogP contribution in [0.5, 0.6) is 0 Å². The minimum Gasteiger partial charge on any atom is -0.368 e. The van der Waals surface area contributed by atoms with Crippen molar-refractivity contribution in [3.05, 3.63) is 69.9 Å². The van der Waals surface area contributed by atoms with Crippen molar-refractivity contribution in [3.63, 3.8) is 0 Å². The van der Waals surface area contributed by atoms with Crippen LogP contribution in [-0.4, -0.2) is 43.6 Å². The molecular formula is C21H22N6O2. The van der Waals surface area contributed by atoms with Crippen LogP contribution >= 0.6 is 0 Å². The van der Waals surface area contributed by atoms with Crippen molar-refractivity contribution in [1.82, 2.24) is 24.6 Å². The first-order valence-corrected chi connectivity index (χ1v) is 9.84. The van der Waals surface area contributed by atoms with Gasteiger partial charge in [0.15, 0.2) is 0 Å². The third-order valence-corrected chi connectivity index (χ3v) is 6.09. The Morgan fingerprint density at radius 1 is 1.21 bits per heavy atom. The number of nitrogens with one attached hydrogen (secondary N) is 1. The van der Waals surface area contributed by atoms with Crippen molar-refractivity contribution < 1.29 is 4.79 Å². The number of amides is 1. The minimum atomic E-state index is -0.252. The van der Waals surface area contributed by atoms with Gasteiger partial charge in [-0.25, -0.2) is 14.6 Å². The number of aryl methyl sites for hydroxylation is 1. The molecule has 1 aliphatic heterocycles. The molecule has 29 heavy (non-hydrogen) atoms. The van der Waals surface area contributed by atoms with E-state index in [0.29, 0.717) is 24.5 Å². The zero-order valence-electron chi connectivity index (χ0n) is 16.0. The van der Waals surface area contributed by atoms with Gasteiger partial charge in [0.2, 0.25) is 5.95 Å². The van der Waals surface area contributed by atoms with Crippen LogP contribution in [0, 0.1) is 0 Å². The molecule has 3 aromatic rings. The second kappa shape index (κ2) is 6.58. The number of hydrogen-bond donors (Lipinski definition) is 2. The van der Waals surface area contributed by atoms with Crippen molar-refractivity contribution >= 4 is 11.9 Å². The Morgan fingerprint density at radius 2 is 2.03 bits per heavy atom. The fourth-order valence-electron chi connectivity index (χ4n) is 4.70. The quantitative estimate of drug-likeness (QED) is 0.691. The van der Waals surface area contributed by atoms with Gasteiger partial charge in [-0.2, -0.15) is 0 Å². The molecule has 1 aliphatic carbocycles. The molecule has 2 aromatic heterocycles. The van der Waals surface area contributed by atoms with E-state index in [4.69, 9.17) is 5.73 Å². The number of nitrogen functional groups attached to an aromatic ring is 1. The molecule has 1 unspecified atom stereocenters. The zero-order valence-corrected chi connectivity index (χ0v) is 16.0. The van der Waals surface area contributed by atoms with Gasteiger partial charge in [0.1, 0.15) is 5.69 Å². The number of piperidine rings is 1. The smallest absolute Gasteiger partial charge is 0.271 e. The summed E-state index contributed by atoms with van der Waals surface area (Å²) < 4.78 is 1.39. The Hall–Kier alpha value is -3.42. The number of benzene rings is 1. The van der Waals surface area contributed by atoms with E-state index in [1.807, 2.05) is 41.4 Å². The molecule has 1 fully saturated rings. The molecule has 3 N–H and O–H groups in total. The maximum Gasteiger partial charge on any atom is 0.271 e. The summed E-state index contributed by atoms with van der Waals surface area (Å²) >= 11 is 0. The van der Waals surface area contributed by atoms with Crippen LogP contribution < -0.4 is 11.3 Å². The summed E-state index contributed by atoms with van der Waals surface area (Å²) in [5.74, 6) is 0.115. The van der Waals surface area contributed by atoms with Gasteiger partial charge in [-0.3, -0.25) is 14.7 Å². The largest absolute Gasteiger partial charge is 0.368 e. The zero-order chi connectivity index (χ0) is 20.0. The predicted molar refractivity (Wildman–Crippen MR) is 108 cm³/mol. The number of nitrogens with two attached hydrogens (primary N) is 1. The Balaban J connectivity index is 1.44. The summed E-state index contributed by atoms with van der Waals surface area (Å²) in [5, 5.41) is 2.97. The van der Waals surface area contributed by atoms with Crippen LogP contribution in [0.1, 0.15) is 41.0 Å². The van der Waals surface area contributed by atoms with Gasteiger partial charge < -0.3 is 10.6 Å². The van der Waals surface area contributed by atoms with Crippen molar-refractivity contribution in [2.45, 2.75) is 31.1 Å². The highest BCUT2D eigenvalue weighted by molar-refractivity contribution is 5.92. The van der Waals surface area contributed by atoms with Gasteiger partial charge in [-0.1, -0.05) is 18.2 Å². The van der Waals surface area contributed by atoms with E-state index in [9.17, 15) is 9.59 Å². The number of hydrogen-bond acceptors (Lipinski definition) is 5. The van der Waals surface area contributed by atoms with E-state index in [1.165, 1.54) is 10.7 Å². The Morgan fingerprint density at radius 3 is 2.86 bits per heavy atom. The molecule has 0 bridgehead atoms. The molecule has 1 amide bonds. The van der Waals surface area contributed by atoms with Crippen molar-refractivity contribution in [2.75, 3.05) is 18.8 Å². The summed E-state index contributed by atoms with van der Waals surface area (Å²) in [4.78, 5) is 36.1. The first-order chi connectivity index (χ1) is 14.1. The molecule has 1 spiro atoms. The summed E-state index contributed by atoms with van der Waals surface area (Å²) in [7, 11) is 0. The van der Waals surface area contributed by atoms with Crippen LogP contribution in [0.2, 0.25) is 0 Å². The van der Waals surface area contributed by atoms with Gasteiger partial charge in [-0.05, 0) is 43.4 Å². The summed E-state index contributed by atoms with van der Waals surface area (Å²) in [5.41, 5.74) is 8.51. The molecule has 2 aliphatic rings. The molecule has 0 radical (unpaired) electrons. The standard InChI is InChI=1S/C21H22N6O2/c22-20-23-12-14-7-9-21(18(14)24-20)8-4-10-26(13-21)19(29)16-11-17(28)27(25-16)15-5-2-1-3-6-15/h1-3,5-6,11-12,25H,4,7-10,13H2,(H2,22,23,24). The highest BCUT2D eigenvalue weighted by Gasteiger charge is 2.45. The molecule has 1 saturated heterocycles. The van der Waals surface area contributed by atoms with E-state index in [-0.39, 0.29) is 22.8 Å². The average Bonchev–Trinajstić information content (AvgIpc) is 3.29. The van der Waals surface area contributed by atoms with Gasteiger partial charge in [0.25, 0.3) is 11.5 Å². The SMILES string of the molecule is Nc1ncc2c(n1)C1(CCCN(C(=O)c3cc(=O)n(-c4ccccc4)[nH]3)C1)CC2. The maximum absolute atomic E-state index is 13.2. The number of rotatable bonds is 2. The third-order valence-electron chi connectivity index (χ3n) is 6.09. The van der Waals surface area contributed by atoms with Crippen molar-refractivity contribution in [2.24, 2.45) is 0 Å². The summed E-state index contributed by atoms with van der Waals surface area (Å²) in [6.07, 6.45) is 5.51. The van der Waals surface area contributed by atoms with Gasteiger partial charge in [-0.15, -0.1) is 0 Å². The lowest BCUT2D eigenvalue weighted by Gasteiger charge is -2.40. The first kappa shape index (κ1) is 17.7. The fraction of sp³-hybridized carbons (Fsp3) is 0.333. The highest BCUT2D eigenvalue weighted by Crippen LogP contribution is 2.44. The van der Waals surface area contributed by atoms with E-state index < -0.39 is 0 Å². The Bertz CT molecular complexity index is 1130. The van der Waals surface area contributed by atoms with Crippen molar-refractivity contribution in [3.8, 4) is 5.69 Å². The van der Waals surface area contributed by atoms with Crippen molar-refractivity contribution in [1.29, 1.82) is 0 Å². The molecule has 8 nitrogen and oxygen atoms in total. The topological polar surface area (TPSA) is 110 Å². The molecular weight excluding hydrogens is 368 g/mol. The number of aromatic amines is 1. The van der Waals surface area contributed by atoms with E-state index in [1.54, 1.807) is 0 Å². The van der Waals surface area contributed by atoms with Crippen LogP contribution in [0.15, 0.2) is 47.4 Å². The van der Waals surface area contributed by atoms with Gasteiger partial charge in [0.05, 0.1) is 11.4 Å². The lowest BCUT2D eigenvalue weighted by atomic mass is 9.77. The number of H-pyrrole nitrogens is 1. The number of para-hydroxylation sites is 1. The monoisotopic (exact) mass is 390 g/mol. The summed E-state index contributed by atoms with van der Waals surface area (Å²) in [6.45, 7) is 1.24. The number of likely N-dealkylation sites (tertiary alicyclic amines) is 1. The number of carbonyl (C=O) groups excluding carboxylic acids is 1. The van der Waals surface area contributed by atoms with E-state index in [0.717, 1.165) is 36.9 Å². The predicted octanol–water partition coefficient (Wildman–Crippen LogP) is 1.66. The number of fused-ring (bicyclic) bond motifs is 2. The second-order valence-corrected chi connectivity index (χ2v) is 7.89. The number of carbonyl (C=O) groups is 1. The van der Waals surface area contributed by atoms with Gasteiger partial charge >= 0.3 is 0 Å². The fourth-order valence-corrected chi connectivity index (χ4v) is 4.70. The van der Waals surface area contributed by atoms with E-state index >= 15 is 0 Å². The Kier molecular flexibility index (Phi) is 4.01. The second-order valence-electron chi connectivity index (χ2n) is 7.89. The molecule has 1 atom stereocenters. The lowest BCUT2D eigenvalue weighted by molar-refractivity contribution is 0.0627. The van der Waals surface area contributed by atoms with Crippen LogP contribution in [0.25, 0.3) is 5.69 Å². The molecule has 1 aromatic carbocycles. The molecule has 3 heterocycles. The normalized spacial score (nSPS) is 20.8. The van der Waals surface area contributed by atoms with E-state index in [2.05, 4.69) is 15.1 Å². The summed E-state index contributed by atoms with van der Waals surface area (Å²) in [6, 6.07) is 10.6. The molecule has 148 valence electrons. The molecule has 0 saturated carbocycles. The Labute approximate surface area is 167 Å². The number of nitrogens with zero attached hydrogens (tertiary/aromatic N) is 4. The maximum atomic E-state index is 13.2. The molecule has 5 rings (SSSR count).